The molecule has 31 heavy (non-hydrogen) atoms. The Hall–Kier alpha value is -4.01. The molecule has 0 spiro atoms. The van der Waals surface area contributed by atoms with E-state index in [-0.39, 0.29) is 0 Å². The highest BCUT2D eigenvalue weighted by atomic mass is 16.5. The number of hydrogen-bond donors (Lipinski definition) is 3. The fourth-order valence-corrected chi connectivity index (χ4v) is 2.72. The number of carboxylic acid groups (broad SMARTS) is 2. The number of nitrogens with one attached hydrogen (secondary N) is 1. The predicted octanol–water partition coefficient (Wildman–Crippen LogP) is 3.26. The van der Waals surface area contributed by atoms with Gasteiger partial charge in [0.15, 0.2) is 0 Å². The molecule has 0 bridgehead atoms. The Morgan fingerprint density at radius 2 is 1.71 bits per heavy atom. The standard InChI is InChI=1S/C20H23N3O2.C2H2O4/c1-4-25-19-8-6-5-7-16(19)13-21-20-22-14-18(23(20)2)15-9-11-17(24-3)12-10-15;3-1(4)2(5)6/h5-12,14H,4,13H2,1-3H3,(H,21,22);(H,3,4)(H,5,6). The van der Waals surface area contributed by atoms with Crippen molar-refractivity contribution in [2.45, 2.75) is 13.5 Å². The van der Waals surface area contributed by atoms with Gasteiger partial charge in [-0.25, -0.2) is 14.6 Å². The maximum absolute atomic E-state index is 9.10. The van der Waals surface area contributed by atoms with Crippen LogP contribution in [-0.2, 0) is 23.2 Å². The SMILES string of the molecule is CCOc1ccccc1CNc1ncc(-c2ccc(OC)cc2)n1C.O=C(O)C(=O)O. The molecule has 0 saturated carbocycles. The lowest BCUT2D eigenvalue weighted by Crippen LogP contribution is -2.09. The molecule has 2 aromatic carbocycles. The zero-order valence-electron chi connectivity index (χ0n) is 17.5. The lowest BCUT2D eigenvalue weighted by atomic mass is 10.1. The van der Waals surface area contributed by atoms with Gasteiger partial charge in [0.05, 0.1) is 25.6 Å². The first kappa shape index (κ1) is 23.3. The van der Waals surface area contributed by atoms with E-state index in [1.54, 1.807) is 7.11 Å². The fraction of sp³-hybridized carbons (Fsp3) is 0.227. The summed E-state index contributed by atoms with van der Waals surface area (Å²) in [6.45, 7) is 3.30. The largest absolute Gasteiger partial charge is 0.497 e. The number of anilines is 1. The minimum absolute atomic E-state index is 0.654. The number of para-hydroxylation sites is 1. The molecule has 9 nitrogen and oxygen atoms in total. The lowest BCUT2D eigenvalue weighted by molar-refractivity contribution is -0.159. The number of benzene rings is 2. The van der Waals surface area contributed by atoms with Crippen molar-refractivity contribution in [1.82, 2.24) is 9.55 Å². The second kappa shape index (κ2) is 11.2. The van der Waals surface area contributed by atoms with Gasteiger partial charge in [-0.3, -0.25) is 0 Å². The highest BCUT2D eigenvalue weighted by Gasteiger charge is 2.10. The quantitative estimate of drug-likeness (QED) is 0.491. The highest BCUT2D eigenvalue weighted by Crippen LogP contribution is 2.25. The summed E-state index contributed by atoms with van der Waals surface area (Å²) in [7, 11) is 3.67. The van der Waals surface area contributed by atoms with Crippen molar-refractivity contribution in [2.24, 2.45) is 7.05 Å². The number of aliphatic carboxylic acids is 2. The summed E-state index contributed by atoms with van der Waals surface area (Å²) in [5, 5.41) is 18.2. The van der Waals surface area contributed by atoms with Crippen molar-refractivity contribution in [3.8, 4) is 22.8 Å². The third-order valence-corrected chi connectivity index (χ3v) is 4.27. The van der Waals surface area contributed by atoms with Crippen molar-refractivity contribution < 1.29 is 29.3 Å². The van der Waals surface area contributed by atoms with Gasteiger partial charge in [-0.05, 0) is 37.3 Å². The molecule has 164 valence electrons. The van der Waals surface area contributed by atoms with Crippen molar-refractivity contribution in [3.05, 3.63) is 60.3 Å². The van der Waals surface area contributed by atoms with E-state index >= 15 is 0 Å². The summed E-state index contributed by atoms with van der Waals surface area (Å²) in [5.41, 5.74) is 3.25. The smallest absolute Gasteiger partial charge is 0.414 e. The number of imidazole rings is 1. The van der Waals surface area contributed by atoms with E-state index in [2.05, 4.69) is 16.4 Å². The molecule has 0 aliphatic rings. The van der Waals surface area contributed by atoms with E-state index in [1.807, 2.05) is 67.2 Å². The molecule has 9 heteroatoms. The second-order valence-corrected chi connectivity index (χ2v) is 6.26. The second-order valence-electron chi connectivity index (χ2n) is 6.26. The Kier molecular flexibility index (Phi) is 8.44. The van der Waals surface area contributed by atoms with Crippen LogP contribution in [0.3, 0.4) is 0 Å². The summed E-state index contributed by atoms with van der Waals surface area (Å²) < 4.78 is 12.9. The molecule has 0 aliphatic carbocycles. The van der Waals surface area contributed by atoms with Crippen LogP contribution in [-0.4, -0.2) is 45.4 Å². The Morgan fingerprint density at radius 3 is 2.29 bits per heavy atom. The Bertz CT molecular complexity index is 1000. The molecule has 1 heterocycles. The van der Waals surface area contributed by atoms with Crippen LogP contribution >= 0.6 is 0 Å². The van der Waals surface area contributed by atoms with Gasteiger partial charge in [-0.2, -0.15) is 0 Å². The van der Waals surface area contributed by atoms with E-state index in [1.165, 1.54) is 0 Å². The molecule has 0 radical (unpaired) electrons. The van der Waals surface area contributed by atoms with E-state index in [4.69, 9.17) is 29.3 Å². The molecule has 3 N–H and O–H groups in total. The van der Waals surface area contributed by atoms with Crippen LogP contribution in [0.1, 0.15) is 12.5 Å². The average Bonchev–Trinajstić information content (AvgIpc) is 3.14. The molecule has 3 aromatic rings. The van der Waals surface area contributed by atoms with Gasteiger partial charge < -0.3 is 29.6 Å². The maximum atomic E-state index is 9.10. The van der Waals surface area contributed by atoms with Crippen LogP contribution in [0.5, 0.6) is 11.5 Å². The van der Waals surface area contributed by atoms with Crippen molar-refractivity contribution in [1.29, 1.82) is 0 Å². The predicted molar refractivity (Wildman–Crippen MR) is 115 cm³/mol. The topological polar surface area (TPSA) is 123 Å². The fourth-order valence-electron chi connectivity index (χ4n) is 2.72. The molecule has 0 amide bonds. The zero-order chi connectivity index (χ0) is 22.8. The number of aromatic nitrogens is 2. The number of carbonyl (C=O) groups is 2. The Balaban J connectivity index is 0.000000501. The van der Waals surface area contributed by atoms with Crippen LogP contribution < -0.4 is 14.8 Å². The number of methoxy groups -OCH3 is 1. The van der Waals surface area contributed by atoms with Crippen molar-refractivity contribution in [2.75, 3.05) is 19.0 Å². The Morgan fingerprint density at radius 1 is 1.06 bits per heavy atom. The normalized spacial score (nSPS) is 9.90. The van der Waals surface area contributed by atoms with Gasteiger partial charge in [0.1, 0.15) is 11.5 Å². The third-order valence-electron chi connectivity index (χ3n) is 4.27. The summed E-state index contributed by atoms with van der Waals surface area (Å²) in [6.07, 6.45) is 1.87. The number of ether oxygens (including phenoxy) is 2. The van der Waals surface area contributed by atoms with Crippen molar-refractivity contribution in [3.63, 3.8) is 0 Å². The summed E-state index contributed by atoms with van der Waals surface area (Å²) >= 11 is 0. The summed E-state index contributed by atoms with van der Waals surface area (Å²) in [5.74, 6) is -1.08. The van der Waals surface area contributed by atoms with Crippen molar-refractivity contribution >= 4 is 17.9 Å². The van der Waals surface area contributed by atoms with Gasteiger partial charge >= 0.3 is 11.9 Å². The summed E-state index contributed by atoms with van der Waals surface area (Å²) in [6, 6.07) is 16.0. The first-order valence-electron chi connectivity index (χ1n) is 9.44. The van der Waals surface area contributed by atoms with Gasteiger partial charge in [0.25, 0.3) is 0 Å². The summed E-state index contributed by atoms with van der Waals surface area (Å²) in [4.78, 5) is 22.7. The minimum atomic E-state index is -1.82. The average molecular weight is 427 g/mol. The highest BCUT2D eigenvalue weighted by molar-refractivity contribution is 6.27. The molecule has 0 atom stereocenters. The maximum Gasteiger partial charge on any atom is 0.414 e. The van der Waals surface area contributed by atoms with Gasteiger partial charge in [0, 0.05) is 24.7 Å². The van der Waals surface area contributed by atoms with E-state index < -0.39 is 11.9 Å². The molecule has 0 saturated heterocycles. The number of hydrogen-bond acceptors (Lipinski definition) is 6. The van der Waals surface area contributed by atoms with Crippen LogP contribution in [0, 0.1) is 0 Å². The first-order chi connectivity index (χ1) is 14.9. The van der Waals surface area contributed by atoms with Crippen LogP contribution in [0.4, 0.5) is 5.95 Å². The molecule has 0 fully saturated rings. The van der Waals surface area contributed by atoms with E-state index in [0.717, 1.165) is 34.3 Å². The van der Waals surface area contributed by atoms with Gasteiger partial charge in [0.2, 0.25) is 5.95 Å². The lowest BCUT2D eigenvalue weighted by Gasteiger charge is -2.12. The molecule has 3 rings (SSSR count). The van der Waals surface area contributed by atoms with Gasteiger partial charge in [-0.1, -0.05) is 18.2 Å². The number of rotatable bonds is 7. The molecule has 0 aliphatic heterocycles. The third kappa shape index (κ3) is 6.49. The minimum Gasteiger partial charge on any atom is -0.497 e. The number of carboxylic acids is 2. The van der Waals surface area contributed by atoms with Gasteiger partial charge in [-0.15, -0.1) is 0 Å². The van der Waals surface area contributed by atoms with E-state index in [0.29, 0.717) is 13.2 Å². The molecular weight excluding hydrogens is 402 g/mol. The molecular formula is C22H25N3O6. The van der Waals surface area contributed by atoms with E-state index in [9.17, 15) is 0 Å². The monoisotopic (exact) mass is 427 g/mol. The Labute approximate surface area is 179 Å². The molecule has 1 aromatic heterocycles. The number of nitrogens with zero attached hydrogens (tertiary/aromatic N) is 2. The zero-order valence-corrected chi connectivity index (χ0v) is 17.5. The van der Waals surface area contributed by atoms with Crippen LogP contribution in [0.25, 0.3) is 11.3 Å². The van der Waals surface area contributed by atoms with Crippen LogP contribution in [0.2, 0.25) is 0 Å². The molecule has 0 unspecified atom stereocenters. The first-order valence-corrected chi connectivity index (χ1v) is 9.44. The van der Waals surface area contributed by atoms with Crippen LogP contribution in [0.15, 0.2) is 54.7 Å².